The minimum absolute atomic E-state index is 0. The Morgan fingerprint density at radius 1 is 1.67 bits per heavy atom. The van der Waals surface area contributed by atoms with Crippen molar-refractivity contribution < 1.29 is 20.4 Å². The molecule has 35 valence electrons. The number of rotatable bonds is 0. The van der Waals surface area contributed by atoms with Crippen molar-refractivity contribution in [2.75, 3.05) is 6.54 Å². The van der Waals surface area contributed by atoms with Gasteiger partial charge in [0, 0.05) is 20.4 Å². The summed E-state index contributed by atoms with van der Waals surface area (Å²) in [4.78, 5) is 0. The van der Waals surface area contributed by atoms with Gasteiger partial charge in [0.25, 0.3) is 0 Å². The third-order valence-corrected chi connectivity index (χ3v) is 1.02. The molecule has 0 amide bonds. The molecule has 0 spiro atoms. The molecule has 3 heteroatoms. The first-order chi connectivity index (χ1) is 2.50. The quantitative estimate of drug-likeness (QED) is 0.610. The van der Waals surface area contributed by atoms with E-state index >= 15 is 0 Å². The van der Waals surface area contributed by atoms with Gasteiger partial charge < -0.3 is 4.72 Å². The van der Waals surface area contributed by atoms with Crippen LogP contribution in [0.25, 0.3) is 4.72 Å². The van der Waals surface area contributed by atoms with Crippen LogP contribution in [0.5, 0.6) is 0 Å². The first kappa shape index (κ1) is 6.71. The van der Waals surface area contributed by atoms with Gasteiger partial charge in [-0.2, -0.15) is 0 Å². The standard InChI is InChI=1S/C3H4NS.Re/c1-2-4-5-3-1;/h1,3H,2H2;/q-1;. The maximum Gasteiger partial charge on any atom is 0 e. The molecule has 0 saturated heterocycles. The second kappa shape index (κ2) is 3.89. The van der Waals surface area contributed by atoms with Crippen LogP contribution in [0, 0.1) is 0 Å². The van der Waals surface area contributed by atoms with Crippen LogP contribution in [0.1, 0.15) is 0 Å². The Balaban J connectivity index is 0.000000250. The van der Waals surface area contributed by atoms with Crippen molar-refractivity contribution in [1.82, 2.24) is 0 Å². The molecule has 0 fully saturated rings. The predicted octanol–water partition coefficient (Wildman–Crippen LogP) is 1.53. The molecule has 1 rings (SSSR count). The summed E-state index contributed by atoms with van der Waals surface area (Å²) >= 11 is 1.52. The minimum atomic E-state index is 0. The van der Waals surface area contributed by atoms with Crippen LogP contribution in [0.3, 0.4) is 0 Å². The molecule has 0 aromatic heterocycles. The maximum atomic E-state index is 3.89. The van der Waals surface area contributed by atoms with Crippen molar-refractivity contribution in [3.63, 3.8) is 0 Å². The summed E-state index contributed by atoms with van der Waals surface area (Å²) in [6.45, 7) is 0.907. The van der Waals surface area contributed by atoms with Gasteiger partial charge in [0.15, 0.2) is 0 Å². The van der Waals surface area contributed by atoms with Gasteiger partial charge in [-0.3, -0.25) is 11.9 Å². The predicted molar refractivity (Wildman–Crippen MR) is 25.0 cm³/mol. The number of hydrogen-bond acceptors (Lipinski definition) is 1. The molecular formula is C3H4NReS-. The van der Waals surface area contributed by atoms with E-state index in [1.807, 2.05) is 11.5 Å². The Morgan fingerprint density at radius 2 is 2.50 bits per heavy atom. The van der Waals surface area contributed by atoms with Gasteiger partial charge in [0.1, 0.15) is 0 Å². The van der Waals surface area contributed by atoms with Crippen LogP contribution in [0.15, 0.2) is 11.5 Å². The number of hydrogen-bond donors (Lipinski definition) is 0. The van der Waals surface area contributed by atoms with Crippen molar-refractivity contribution in [2.45, 2.75) is 0 Å². The van der Waals surface area contributed by atoms with E-state index < -0.39 is 0 Å². The van der Waals surface area contributed by atoms with Gasteiger partial charge in [0.2, 0.25) is 0 Å². The Hall–Kier alpha value is 0.712. The van der Waals surface area contributed by atoms with Crippen LogP contribution in [-0.4, -0.2) is 6.54 Å². The van der Waals surface area contributed by atoms with E-state index in [-0.39, 0.29) is 20.4 Å². The molecule has 6 heavy (non-hydrogen) atoms. The maximum absolute atomic E-state index is 3.89. The summed E-state index contributed by atoms with van der Waals surface area (Å²) in [6, 6.07) is 0. The second-order valence-electron chi connectivity index (χ2n) is 0.789. The summed E-state index contributed by atoms with van der Waals surface area (Å²) in [5, 5.41) is 1.99. The molecule has 0 aromatic rings. The monoisotopic (exact) mass is 273 g/mol. The molecule has 0 aromatic carbocycles. The van der Waals surface area contributed by atoms with Gasteiger partial charge in [0.05, 0.1) is 0 Å². The molecule has 1 aliphatic rings. The van der Waals surface area contributed by atoms with Gasteiger partial charge in [-0.05, 0) is 0 Å². The smallest absolute Gasteiger partial charge is 0 e. The molecule has 0 unspecified atom stereocenters. The summed E-state index contributed by atoms with van der Waals surface area (Å²) in [7, 11) is 0. The van der Waals surface area contributed by atoms with Gasteiger partial charge in [-0.25, -0.2) is 0 Å². The molecule has 0 saturated carbocycles. The first-order valence-electron chi connectivity index (χ1n) is 1.48. The number of nitrogens with zero attached hydrogens (tertiary/aromatic N) is 1. The molecule has 0 N–H and O–H groups in total. The normalized spacial score (nSPS) is 17.3. The summed E-state index contributed by atoms with van der Waals surface area (Å²) in [5.74, 6) is 0. The molecule has 0 aliphatic carbocycles. The zero-order valence-corrected chi connectivity index (χ0v) is 6.63. The molecule has 0 bridgehead atoms. The van der Waals surface area contributed by atoms with Crippen LogP contribution < -0.4 is 0 Å². The zero-order valence-electron chi connectivity index (χ0n) is 3.10. The first-order valence-corrected chi connectivity index (χ1v) is 2.31. The van der Waals surface area contributed by atoms with Gasteiger partial charge >= 0.3 is 0 Å². The second-order valence-corrected chi connectivity index (χ2v) is 1.53. The SMILES string of the molecule is C1=CS[N-]C1.[Re]. The largest absolute Gasteiger partial charge is 0.599 e. The minimum Gasteiger partial charge on any atom is -0.599 e. The van der Waals surface area contributed by atoms with E-state index in [0.29, 0.717) is 0 Å². The van der Waals surface area contributed by atoms with E-state index in [0.717, 1.165) is 6.54 Å². The molecular weight excluding hydrogens is 268 g/mol. The third kappa shape index (κ3) is 1.99. The van der Waals surface area contributed by atoms with E-state index in [4.69, 9.17) is 0 Å². The fraction of sp³-hybridized carbons (Fsp3) is 0.333. The average molecular weight is 272 g/mol. The van der Waals surface area contributed by atoms with Crippen LogP contribution >= 0.6 is 11.9 Å². The Bertz CT molecular complexity index is 48.8. The Labute approximate surface area is 55.4 Å². The molecule has 1 heterocycles. The van der Waals surface area contributed by atoms with Crippen LogP contribution in [-0.2, 0) is 20.4 Å². The summed E-state index contributed by atoms with van der Waals surface area (Å²) in [6.07, 6.45) is 2.03. The van der Waals surface area contributed by atoms with Crippen LogP contribution in [0.2, 0.25) is 0 Å². The van der Waals surface area contributed by atoms with E-state index in [2.05, 4.69) is 4.72 Å². The van der Waals surface area contributed by atoms with E-state index in [1.165, 1.54) is 11.9 Å². The Kier molecular flexibility index (Phi) is 4.35. The van der Waals surface area contributed by atoms with Crippen molar-refractivity contribution in [3.05, 3.63) is 16.2 Å². The molecule has 0 atom stereocenters. The topological polar surface area (TPSA) is 14.1 Å². The van der Waals surface area contributed by atoms with Gasteiger partial charge in [-0.15, -0.1) is 6.54 Å². The summed E-state index contributed by atoms with van der Waals surface area (Å²) in [5.41, 5.74) is 0. The average Bonchev–Trinajstić information content (AvgIpc) is 1.76. The van der Waals surface area contributed by atoms with Crippen molar-refractivity contribution >= 4 is 11.9 Å². The third-order valence-electron chi connectivity index (χ3n) is 0.412. The zero-order chi connectivity index (χ0) is 3.54. The fourth-order valence-corrected chi connectivity index (χ4v) is 0.645. The molecule has 1 nitrogen and oxygen atoms in total. The Morgan fingerprint density at radius 3 is 2.67 bits per heavy atom. The van der Waals surface area contributed by atoms with Gasteiger partial charge in [-0.1, -0.05) is 11.5 Å². The summed E-state index contributed by atoms with van der Waals surface area (Å²) < 4.78 is 3.89. The van der Waals surface area contributed by atoms with E-state index in [9.17, 15) is 0 Å². The van der Waals surface area contributed by atoms with Crippen molar-refractivity contribution in [1.29, 1.82) is 0 Å². The molecule has 1 radical (unpaired) electrons. The van der Waals surface area contributed by atoms with Crippen molar-refractivity contribution in [2.24, 2.45) is 0 Å². The van der Waals surface area contributed by atoms with Crippen molar-refractivity contribution in [3.8, 4) is 0 Å². The molecule has 1 aliphatic heterocycles. The van der Waals surface area contributed by atoms with E-state index in [1.54, 1.807) is 0 Å². The van der Waals surface area contributed by atoms with Crippen LogP contribution in [0.4, 0.5) is 0 Å². The fourth-order valence-electron chi connectivity index (χ4n) is 0.215.